The van der Waals surface area contributed by atoms with E-state index in [0.717, 1.165) is 0 Å². The zero-order chi connectivity index (χ0) is 18.3. The molecule has 0 aliphatic carbocycles. The summed E-state index contributed by atoms with van der Waals surface area (Å²) in [5.74, 6) is 0.546. The second-order valence-corrected chi connectivity index (χ2v) is 7.22. The molecule has 2 aromatic heterocycles. The second kappa shape index (κ2) is 6.44. The van der Waals surface area contributed by atoms with Gasteiger partial charge in [0, 0.05) is 18.2 Å². The summed E-state index contributed by atoms with van der Waals surface area (Å²) in [4.78, 5) is 25.2. The van der Waals surface area contributed by atoms with Crippen molar-refractivity contribution in [3.8, 4) is 0 Å². The Morgan fingerprint density at radius 2 is 2.04 bits per heavy atom. The number of aromatic nitrogens is 4. The van der Waals surface area contributed by atoms with Gasteiger partial charge in [-0.2, -0.15) is 0 Å². The van der Waals surface area contributed by atoms with E-state index in [1.165, 1.54) is 0 Å². The Balaban J connectivity index is 2.33. The number of fused-ring (bicyclic) bond motifs is 3. The first-order valence-electron chi connectivity index (χ1n) is 8.24. The van der Waals surface area contributed by atoms with E-state index >= 15 is 0 Å². The van der Waals surface area contributed by atoms with Gasteiger partial charge in [-0.3, -0.25) is 18.6 Å². The Morgan fingerprint density at radius 1 is 1.32 bits per heavy atom. The molecule has 132 valence electrons. The molecule has 0 saturated carbocycles. The van der Waals surface area contributed by atoms with Crippen LogP contribution in [0.4, 0.5) is 0 Å². The van der Waals surface area contributed by atoms with Crippen LogP contribution in [0.3, 0.4) is 0 Å². The monoisotopic (exact) mass is 359 g/mol. The summed E-state index contributed by atoms with van der Waals surface area (Å²) in [6.45, 7) is 8.40. The number of rotatable bonds is 4. The van der Waals surface area contributed by atoms with Gasteiger partial charge in [-0.15, -0.1) is 5.10 Å². The average molecular weight is 359 g/mol. The van der Waals surface area contributed by atoms with Gasteiger partial charge in [0.1, 0.15) is 0 Å². The van der Waals surface area contributed by atoms with Gasteiger partial charge in [0.25, 0.3) is 11.5 Å². The van der Waals surface area contributed by atoms with Crippen LogP contribution in [-0.4, -0.2) is 31.1 Å². The molecule has 0 unspecified atom stereocenters. The third-order valence-corrected chi connectivity index (χ3v) is 4.11. The molecule has 0 saturated heterocycles. The van der Waals surface area contributed by atoms with Gasteiger partial charge in [0.15, 0.2) is 0 Å². The summed E-state index contributed by atoms with van der Waals surface area (Å²) in [7, 11) is 0. The zero-order valence-corrected chi connectivity index (χ0v) is 15.5. The number of benzene rings is 1. The number of hydrogen-bond acceptors (Lipinski definition) is 4. The number of nitrogens with one attached hydrogen (secondary N) is 2. The maximum absolute atomic E-state index is 12.9. The van der Waals surface area contributed by atoms with E-state index in [0.29, 0.717) is 33.6 Å². The second-order valence-electron chi connectivity index (χ2n) is 6.83. The van der Waals surface area contributed by atoms with E-state index in [2.05, 4.69) is 15.5 Å². The van der Waals surface area contributed by atoms with Crippen LogP contribution in [0.25, 0.3) is 16.7 Å². The molecule has 0 aliphatic heterocycles. The first-order chi connectivity index (χ1) is 11.8. The van der Waals surface area contributed by atoms with Crippen LogP contribution in [0.2, 0.25) is 0 Å². The normalized spacial score (nSPS) is 11.8. The number of amides is 1. The molecule has 1 amide bonds. The molecule has 3 aromatic rings. The van der Waals surface area contributed by atoms with Crippen molar-refractivity contribution >= 4 is 34.8 Å². The van der Waals surface area contributed by atoms with Crippen molar-refractivity contribution in [1.29, 1.82) is 0 Å². The number of H-pyrrole nitrogens is 1. The highest BCUT2D eigenvalue weighted by molar-refractivity contribution is 7.71. The van der Waals surface area contributed by atoms with Crippen molar-refractivity contribution in [2.45, 2.75) is 40.3 Å². The van der Waals surface area contributed by atoms with Gasteiger partial charge in [-0.05, 0) is 50.2 Å². The molecule has 8 heteroatoms. The van der Waals surface area contributed by atoms with Crippen molar-refractivity contribution < 1.29 is 4.79 Å². The van der Waals surface area contributed by atoms with E-state index in [9.17, 15) is 9.59 Å². The fraction of sp³-hybridized carbons (Fsp3) is 0.412. The fourth-order valence-electron chi connectivity index (χ4n) is 2.84. The lowest BCUT2D eigenvalue weighted by Gasteiger charge is -2.13. The topological polar surface area (TPSA) is 84.2 Å². The lowest BCUT2D eigenvalue weighted by Crippen LogP contribution is -2.30. The quantitative estimate of drug-likeness (QED) is 0.701. The highest BCUT2D eigenvalue weighted by atomic mass is 32.1. The number of hydrogen-bond donors (Lipinski definition) is 2. The molecule has 3 rings (SSSR count). The lowest BCUT2D eigenvalue weighted by molar-refractivity contribution is 0.0943. The minimum absolute atomic E-state index is 0.0263. The first-order valence-corrected chi connectivity index (χ1v) is 8.65. The van der Waals surface area contributed by atoms with Crippen LogP contribution in [0.1, 0.15) is 38.1 Å². The number of nitrogens with zero attached hydrogens (tertiary/aromatic N) is 3. The molecule has 0 aliphatic rings. The third kappa shape index (κ3) is 3.09. The molecule has 7 nitrogen and oxygen atoms in total. The molecular weight excluding hydrogens is 338 g/mol. The molecule has 0 spiro atoms. The molecule has 1 aromatic carbocycles. The fourth-order valence-corrected chi connectivity index (χ4v) is 3.06. The van der Waals surface area contributed by atoms with E-state index < -0.39 is 0 Å². The molecule has 25 heavy (non-hydrogen) atoms. The Morgan fingerprint density at radius 3 is 2.68 bits per heavy atom. The minimum Gasteiger partial charge on any atom is -0.350 e. The molecule has 0 fully saturated rings. The Labute approximate surface area is 149 Å². The third-order valence-electron chi connectivity index (χ3n) is 3.84. The predicted octanol–water partition coefficient (Wildman–Crippen LogP) is 2.50. The van der Waals surface area contributed by atoms with E-state index in [4.69, 9.17) is 12.2 Å². The van der Waals surface area contributed by atoms with Crippen molar-refractivity contribution in [3.05, 3.63) is 38.9 Å². The highest BCUT2D eigenvalue weighted by Crippen LogP contribution is 2.16. The molecule has 0 radical (unpaired) electrons. The SMILES string of the molecule is CC(C)Cn1c(=O)c2ccc(C(=O)NC(C)C)cc2n2c(=S)[nH]nc12. The van der Waals surface area contributed by atoms with Crippen molar-refractivity contribution in [1.82, 2.24) is 24.5 Å². The van der Waals surface area contributed by atoms with Crippen LogP contribution in [0.15, 0.2) is 23.0 Å². The Kier molecular flexibility index (Phi) is 4.47. The van der Waals surface area contributed by atoms with Crippen molar-refractivity contribution in [2.24, 2.45) is 5.92 Å². The smallest absolute Gasteiger partial charge is 0.262 e. The van der Waals surface area contributed by atoms with E-state index in [1.54, 1.807) is 27.2 Å². The summed E-state index contributed by atoms with van der Waals surface area (Å²) >= 11 is 5.34. The van der Waals surface area contributed by atoms with Gasteiger partial charge < -0.3 is 5.32 Å². The van der Waals surface area contributed by atoms with Gasteiger partial charge in [0.2, 0.25) is 10.5 Å². The van der Waals surface area contributed by atoms with Crippen molar-refractivity contribution in [2.75, 3.05) is 0 Å². The standard InChI is InChI=1S/C17H21N5O2S/c1-9(2)8-21-15(24)12-6-5-11(14(23)18-10(3)4)7-13(12)22-16(21)19-20-17(22)25/h5-7,9-10H,8H2,1-4H3,(H,18,23)(H,20,25). The summed E-state index contributed by atoms with van der Waals surface area (Å²) in [5.41, 5.74) is 0.919. The zero-order valence-electron chi connectivity index (χ0n) is 14.7. The van der Waals surface area contributed by atoms with Gasteiger partial charge in [0.05, 0.1) is 10.9 Å². The molecule has 2 heterocycles. The Hall–Kier alpha value is -2.48. The van der Waals surface area contributed by atoms with E-state index in [-0.39, 0.29) is 23.4 Å². The number of aromatic amines is 1. The molecule has 0 atom stereocenters. The number of carbonyl (C=O) groups is 1. The first kappa shape index (κ1) is 17.3. The van der Waals surface area contributed by atoms with Gasteiger partial charge in [-0.1, -0.05) is 13.8 Å². The van der Waals surface area contributed by atoms with E-state index in [1.807, 2.05) is 27.7 Å². The molecule has 2 N–H and O–H groups in total. The predicted molar refractivity (Wildman–Crippen MR) is 99.6 cm³/mol. The maximum atomic E-state index is 12.9. The number of carbonyl (C=O) groups excluding carboxylic acids is 1. The Bertz CT molecular complexity index is 1070. The summed E-state index contributed by atoms with van der Waals surface area (Å²) in [5, 5.41) is 10.3. The van der Waals surface area contributed by atoms with Crippen LogP contribution >= 0.6 is 12.2 Å². The summed E-state index contributed by atoms with van der Waals surface area (Å²) in [6.07, 6.45) is 0. The van der Waals surface area contributed by atoms with Crippen LogP contribution in [0.5, 0.6) is 0 Å². The summed E-state index contributed by atoms with van der Waals surface area (Å²) in [6, 6.07) is 5.06. The lowest BCUT2D eigenvalue weighted by atomic mass is 10.1. The van der Waals surface area contributed by atoms with Crippen LogP contribution < -0.4 is 10.9 Å². The summed E-state index contributed by atoms with van der Waals surface area (Å²) < 4.78 is 3.72. The van der Waals surface area contributed by atoms with Gasteiger partial charge in [-0.25, -0.2) is 5.10 Å². The minimum atomic E-state index is -0.188. The molecular formula is C17H21N5O2S. The molecule has 0 bridgehead atoms. The average Bonchev–Trinajstić information content (AvgIpc) is 2.92. The van der Waals surface area contributed by atoms with Gasteiger partial charge >= 0.3 is 0 Å². The maximum Gasteiger partial charge on any atom is 0.262 e. The highest BCUT2D eigenvalue weighted by Gasteiger charge is 2.16. The van der Waals surface area contributed by atoms with Crippen LogP contribution in [0, 0.1) is 10.7 Å². The largest absolute Gasteiger partial charge is 0.350 e. The van der Waals surface area contributed by atoms with Crippen LogP contribution in [-0.2, 0) is 6.54 Å². The van der Waals surface area contributed by atoms with Crippen molar-refractivity contribution in [3.63, 3.8) is 0 Å².